The van der Waals surface area contributed by atoms with Crippen LogP contribution in [-0.2, 0) is 6.54 Å². The average Bonchev–Trinajstić information content (AvgIpc) is 2.87. The highest BCUT2D eigenvalue weighted by Gasteiger charge is 2.07. The van der Waals surface area contributed by atoms with Gasteiger partial charge in [0.05, 0.1) is 18.4 Å². The summed E-state index contributed by atoms with van der Waals surface area (Å²) >= 11 is 0. The molecule has 0 aliphatic carbocycles. The van der Waals surface area contributed by atoms with Gasteiger partial charge in [0.2, 0.25) is 0 Å². The van der Waals surface area contributed by atoms with Crippen LogP contribution in [0.15, 0.2) is 12.4 Å². The van der Waals surface area contributed by atoms with Gasteiger partial charge in [0.25, 0.3) is 0 Å². The molecule has 0 aliphatic rings. The van der Waals surface area contributed by atoms with E-state index in [9.17, 15) is 0 Å². The van der Waals surface area contributed by atoms with Gasteiger partial charge in [-0.05, 0) is 25.9 Å². The summed E-state index contributed by atoms with van der Waals surface area (Å²) in [5.74, 6) is 0. The molecule has 1 aromatic rings. The first-order chi connectivity index (χ1) is 9.23. The van der Waals surface area contributed by atoms with Crippen molar-refractivity contribution in [1.29, 1.82) is 0 Å². The van der Waals surface area contributed by atoms with Crippen molar-refractivity contribution >= 4 is 5.69 Å². The summed E-state index contributed by atoms with van der Waals surface area (Å²) in [6.45, 7) is 13.1. The second-order valence-corrected chi connectivity index (χ2v) is 5.06. The molecule has 1 aromatic heterocycles. The minimum Gasteiger partial charge on any atom is -0.380 e. The number of hydrogen-bond donors (Lipinski definition) is 1. The number of hydrogen-bond acceptors (Lipinski definition) is 3. The first kappa shape index (κ1) is 16.0. The fourth-order valence-electron chi connectivity index (χ4n) is 2.31. The fraction of sp³-hybridized carbons (Fsp3) is 0.800. The molecule has 1 heterocycles. The van der Waals surface area contributed by atoms with Crippen LogP contribution in [-0.4, -0.2) is 40.4 Å². The molecule has 0 saturated carbocycles. The predicted molar refractivity (Wildman–Crippen MR) is 82.6 cm³/mol. The van der Waals surface area contributed by atoms with Crippen molar-refractivity contribution in [1.82, 2.24) is 14.7 Å². The SMILES string of the molecule is CCCC(CC)Nc1cnn(CCN(CC)CC)c1. The number of nitrogens with zero attached hydrogens (tertiary/aromatic N) is 3. The standard InChI is InChI=1S/C15H30N4/c1-5-9-14(6-2)17-15-12-16-19(13-15)11-10-18(7-3)8-4/h12-14,17H,5-11H2,1-4H3. The zero-order chi connectivity index (χ0) is 14.1. The Balaban J connectivity index is 2.43. The molecule has 4 heteroatoms. The molecule has 1 atom stereocenters. The maximum absolute atomic E-state index is 4.43. The van der Waals surface area contributed by atoms with Crippen molar-refractivity contribution < 1.29 is 0 Å². The van der Waals surface area contributed by atoms with E-state index in [0.29, 0.717) is 6.04 Å². The van der Waals surface area contributed by atoms with Crippen molar-refractivity contribution in [3.05, 3.63) is 12.4 Å². The lowest BCUT2D eigenvalue weighted by molar-refractivity contribution is 0.285. The van der Waals surface area contributed by atoms with E-state index < -0.39 is 0 Å². The Morgan fingerprint density at radius 2 is 2.00 bits per heavy atom. The smallest absolute Gasteiger partial charge is 0.0728 e. The van der Waals surface area contributed by atoms with Gasteiger partial charge in [-0.2, -0.15) is 5.10 Å². The molecule has 1 N–H and O–H groups in total. The molecule has 0 radical (unpaired) electrons. The molecule has 4 nitrogen and oxygen atoms in total. The third-order valence-electron chi connectivity index (χ3n) is 3.67. The maximum atomic E-state index is 4.43. The molecule has 0 saturated heterocycles. The van der Waals surface area contributed by atoms with Gasteiger partial charge >= 0.3 is 0 Å². The fourth-order valence-corrected chi connectivity index (χ4v) is 2.31. The van der Waals surface area contributed by atoms with Gasteiger partial charge in [-0.25, -0.2) is 0 Å². The lowest BCUT2D eigenvalue weighted by atomic mass is 10.1. The van der Waals surface area contributed by atoms with E-state index in [4.69, 9.17) is 0 Å². The van der Waals surface area contributed by atoms with Gasteiger partial charge in [0.15, 0.2) is 0 Å². The third-order valence-corrected chi connectivity index (χ3v) is 3.67. The predicted octanol–water partition coefficient (Wildman–Crippen LogP) is 3.22. The van der Waals surface area contributed by atoms with Crippen LogP contribution in [0.1, 0.15) is 47.0 Å². The minimum atomic E-state index is 0.574. The normalized spacial score (nSPS) is 12.9. The highest BCUT2D eigenvalue weighted by atomic mass is 15.3. The summed E-state index contributed by atoms with van der Waals surface area (Å²) in [5, 5.41) is 8.00. The van der Waals surface area contributed by atoms with Crippen LogP contribution in [0.25, 0.3) is 0 Å². The Morgan fingerprint density at radius 3 is 2.58 bits per heavy atom. The number of likely N-dealkylation sites (N-methyl/N-ethyl adjacent to an activating group) is 1. The Labute approximate surface area is 118 Å². The molecule has 0 fully saturated rings. The highest BCUT2D eigenvalue weighted by molar-refractivity contribution is 5.39. The summed E-state index contributed by atoms with van der Waals surface area (Å²) in [6, 6.07) is 0.574. The molecule has 1 rings (SSSR count). The van der Waals surface area contributed by atoms with Crippen LogP contribution in [0.4, 0.5) is 5.69 Å². The Kier molecular flexibility index (Phi) is 7.56. The zero-order valence-electron chi connectivity index (χ0n) is 13.0. The van der Waals surface area contributed by atoms with Crippen LogP contribution in [0.2, 0.25) is 0 Å². The Hall–Kier alpha value is -1.03. The van der Waals surface area contributed by atoms with Gasteiger partial charge in [-0.15, -0.1) is 0 Å². The van der Waals surface area contributed by atoms with E-state index in [0.717, 1.165) is 31.9 Å². The van der Waals surface area contributed by atoms with E-state index >= 15 is 0 Å². The lowest BCUT2D eigenvalue weighted by Crippen LogP contribution is -2.27. The van der Waals surface area contributed by atoms with Gasteiger partial charge in [0, 0.05) is 18.8 Å². The molecule has 1 unspecified atom stereocenters. The van der Waals surface area contributed by atoms with Crippen molar-refractivity contribution in [2.75, 3.05) is 25.0 Å². The third kappa shape index (κ3) is 5.64. The monoisotopic (exact) mass is 266 g/mol. The summed E-state index contributed by atoms with van der Waals surface area (Å²) in [6.07, 6.45) is 7.68. The number of nitrogens with one attached hydrogen (secondary N) is 1. The Morgan fingerprint density at radius 1 is 1.26 bits per heavy atom. The number of aromatic nitrogens is 2. The zero-order valence-corrected chi connectivity index (χ0v) is 13.0. The average molecular weight is 266 g/mol. The van der Waals surface area contributed by atoms with E-state index in [-0.39, 0.29) is 0 Å². The van der Waals surface area contributed by atoms with Crippen molar-refractivity contribution in [3.8, 4) is 0 Å². The maximum Gasteiger partial charge on any atom is 0.0728 e. The van der Waals surface area contributed by atoms with Gasteiger partial charge in [-0.1, -0.05) is 34.1 Å². The highest BCUT2D eigenvalue weighted by Crippen LogP contribution is 2.12. The van der Waals surface area contributed by atoms with Crippen LogP contribution >= 0.6 is 0 Å². The van der Waals surface area contributed by atoms with Crippen LogP contribution in [0, 0.1) is 0 Å². The molecular weight excluding hydrogens is 236 g/mol. The van der Waals surface area contributed by atoms with Gasteiger partial charge in [-0.3, -0.25) is 4.68 Å². The van der Waals surface area contributed by atoms with E-state index in [1.807, 2.05) is 10.9 Å². The first-order valence-electron chi connectivity index (χ1n) is 7.74. The summed E-state index contributed by atoms with van der Waals surface area (Å²) < 4.78 is 2.04. The molecule has 110 valence electrons. The molecule has 19 heavy (non-hydrogen) atoms. The first-order valence-corrected chi connectivity index (χ1v) is 7.74. The van der Waals surface area contributed by atoms with Crippen molar-refractivity contribution in [2.45, 2.75) is 59.5 Å². The molecule has 0 bridgehead atoms. The molecule has 0 aliphatic heterocycles. The van der Waals surface area contributed by atoms with E-state index in [1.54, 1.807) is 0 Å². The van der Waals surface area contributed by atoms with Crippen LogP contribution < -0.4 is 5.32 Å². The second kappa shape index (κ2) is 8.97. The summed E-state index contributed by atoms with van der Waals surface area (Å²) in [7, 11) is 0. The van der Waals surface area contributed by atoms with E-state index in [1.165, 1.54) is 19.3 Å². The molecule has 0 spiro atoms. The quantitative estimate of drug-likeness (QED) is 0.706. The van der Waals surface area contributed by atoms with Gasteiger partial charge in [0.1, 0.15) is 0 Å². The topological polar surface area (TPSA) is 33.1 Å². The van der Waals surface area contributed by atoms with Crippen molar-refractivity contribution in [2.24, 2.45) is 0 Å². The molecular formula is C15H30N4. The number of anilines is 1. The summed E-state index contributed by atoms with van der Waals surface area (Å²) in [5.41, 5.74) is 1.15. The Bertz CT molecular complexity index is 331. The van der Waals surface area contributed by atoms with Crippen molar-refractivity contribution in [3.63, 3.8) is 0 Å². The minimum absolute atomic E-state index is 0.574. The van der Waals surface area contributed by atoms with Gasteiger partial charge < -0.3 is 10.2 Å². The van der Waals surface area contributed by atoms with E-state index in [2.05, 4.69) is 49.2 Å². The second-order valence-electron chi connectivity index (χ2n) is 5.06. The number of rotatable bonds is 10. The largest absolute Gasteiger partial charge is 0.380 e. The molecule has 0 amide bonds. The molecule has 0 aromatic carbocycles. The summed E-state index contributed by atoms with van der Waals surface area (Å²) in [4.78, 5) is 2.42. The lowest BCUT2D eigenvalue weighted by Gasteiger charge is -2.17. The van der Waals surface area contributed by atoms with Crippen LogP contribution in [0.3, 0.4) is 0 Å². The van der Waals surface area contributed by atoms with Crippen LogP contribution in [0.5, 0.6) is 0 Å².